The molecule has 0 aromatic heterocycles. The molecule has 2 rings (SSSR count). The highest BCUT2D eigenvalue weighted by atomic mass is 16.2. The van der Waals surface area contributed by atoms with Crippen molar-refractivity contribution < 1.29 is 9.59 Å². The minimum Gasteiger partial charge on any atom is -0.338 e. The maximum Gasteiger partial charge on any atom is 0.317 e. The Morgan fingerprint density at radius 2 is 1.92 bits per heavy atom. The number of nitrogens with one attached hydrogen (secondary N) is 2. The van der Waals surface area contributed by atoms with E-state index in [0.717, 1.165) is 13.1 Å². The summed E-state index contributed by atoms with van der Waals surface area (Å²) in [5.41, 5.74) is 1.01. The Morgan fingerprint density at radius 3 is 2.58 bits per heavy atom. The van der Waals surface area contributed by atoms with Crippen molar-refractivity contribution >= 4 is 17.6 Å². The summed E-state index contributed by atoms with van der Waals surface area (Å²) in [6, 6.07) is 8.99. The average Bonchev–Trinajstić information content (AvgIpc) is 2.61. The van der Waals surface area contributed by atoms with Gasteiger partial charge in [-0.05, 0) is 19.1 Å². The van der Waals surface area contributed by atoms with Crippen molar-refractivity contribution in [3.63, 3.8) is 0 Å². The highest BCUT2D eigenvalue weighted by Gasteiger charge is 2.20. The number of carbonyl (C=O) groups is 2. The van der Waals surface area contributed by atoms with Crippen molar-refractivity contribution in [3.05, 3.63) is 29.8 Å². The first-order valence-corrected chi connectivity index (χ1v) is 8.18. The van der Waals surface area contributed by atoms with E-state index in [1.54, 1.807) is 29.2 Å². The van der Waals surface area contributed by atoms with Crippen LogP contribution in [-0.2, 0) is 4.79 Å². The number of nitriles is 1. The van der Waals surface area contributed by atoms with E-state index in [1.165, 1.54) is 0 Å². The quantitative estimate of drug-likeness (QED) is 0.850. The third-order valence-corrected chi connectivity index (χ3v) is 3.96. The molecule has 1 aromatic carbocycles. The topological polar surface area (TPSA) is 88.5 Å². The van der Waals surface area contributed by atoms with Gasteiger partial charge in [0.05, 0.1) is 11.3 Å². The first-order valence-electron chi connectivity index (χ1n) is 8.18. The number of amides is 3. The fourth-order valence-electron chi connectivity index (χ4n) is 2.60. The zero-order valence-corrected chi connectivity index (χ0v) is 13.9. The summed E-state index contributed by atoms with van der Waals surface area (Å²) in [4.78, 5) is 27.8. The van der Waals surface area contributed by atoms with Crippen LogP contribution in [0.5, 0.6) is 0 Å². The minimum absolute atomic E-state index is 0.0250. The Labute approximate surface area is 142 Å². The molecule has 1 aliphatic heterocycles. The molecule has 1 aliphatic rings. The van der Waals surface area contributed by atoms with Gasteiger partial charge in [0.2, 0.25) is 5.91 Å². The minimum atomic E-state index is -0.108. The molecule has 1 saturated heterocycles. The number of rotatable bonds is 5. The summed E-state index contributed by atoms with van der Waals surface area (Å²) in [6.07, 6.45) is 0.362. The molecule has 0 atom stereocenters. The fraction of sp³-hybridized carbons (Fsp3) is 0.471. The van der Waals surface area contributed by atoms with E-state index >= 15 is 0 Å². The van der Waals surface area contributed by atoms with Crippen molar-refractivity contribution in [1.82, 2.24) is 15.1 Å². The average molecular weight is 329 g/mol. The zero-order chi connectivity index (χ0) is 17.4. The SMILES string of the molecule is CCNC(=O)N1CCN(CCC(=O)Nc2ccccc2C#N)CC1. The molecule has 0 aliphatic carbocycles. The zero-order valence-electron chi connectivity index (χ0n) is 13.9. The Morgan fingerprint density at radius 1 is 1.21 bits per heavy atom. The molecule has 2 N–H and O–H groups in total. The number of hydrogen-bond donors (Lipinski definition) is 2. The van der Waals surface area contributed by atoms with Gasteiger partial charge in [0.15, 0.2) is 0 Å². The highest BCUT2D eigenvalue weighted by molar-refractivity contribution is 5.92. The van der Waals surface area contributed by atoms with Gasteiger partial charge >= 0.3 is 6.03 Å². The lowest BCUT2D eigenvalue weighted by Crippen LogP contribution is -2.52. The molecule has 0 bridgehead atoms. The van der Waals surface area contributed by atoms with E-state index in [9.17, 15) is 9.59 Å². The van der Waals surface area contributed by atoms with Crippen molar-refractivity contribution in [2.45, 2.75) is 13.3 Å². The molecule has 1 heterocycles. The normalized spacial score (nSPS) is 14.8. The standard InChI is InChI=1S/C17H23N5O2/c1-2-19-17(24)22-11-9-21(10-12-22)8-7-16(23)20-15-6-4-3-5-14(15)13-18/h3-6H,2,7-12H2,1H3,(H,19,24)(H,20,23). The van der Waals surface area contributed by atoms with Crippen molar-refractivity contribution in [1.29, 1.82) is 5.26 Å². The number of piperazine rings is 1. The van der Waals surface area contributed by atoms with Crippen LogP contribution in [0.15, 0.2) is 24.3 Å². The van der Waals surface area contributed by atoms with Crippen LogP contribution in [0.3, 0.4) is 0 Å². The predicted octanol–water partition coefficient (Wildman–Crippen LogP) is 1.23. The smallest absolute Gasteiger partial charge is 0.317 e. The van der Waals surface area contributed by atoms with Gasteiger partial charge in [0.1, 0.15) is 6.07 Å². The molecular weight excluding hydrogens is 306 g/mol. The van der Waals surface area contributed by atoms with E-state index < -0.39 is 0 Å². The fourth-order valence-corrected chi connectivity index (χ4v) is 2.60. The summed E-state index contributed by atoms with van der Waals surface area (Å²) >= 11 is 0. The van der Waals surface area contributed by atoms with E-state index in [0.29, 0.717) is 43.9 Å². The number of anilines is 1. The van der Waals surface area contributed by atoms with Crippen molar-refractivity contribution in [2.24, 2.45) is 0 Å². The predicted molar refractivity (Wildman–Crippen MR) is 91.5 cm³/mol. The second-order valence-electron chi connectivity index (χ2n) is 5.62. The largest absolute Gasteiger partial charge is 0.338 e. The van der Waals surface area contributed by atoms with Crippen LogP contribution in [-0.4, -0.2) is 61.0 Å². The van der Waals surface area contributed by atoms with Gasteiger partial charge in [-0.25, -0.2) is 4.79 Å². The molecule has 128 valence electrons. The van der Waals surface area contributed by atoms with Crippen LogP contribution in [0.25, 0.3) is 0 Å². The van der Waals surface area contributed by atoms with Gasteiger partial charge in [-0.15, -0.1) is 0 Å². The van der Waals surface area contributed by atoms with E-state index in [4.69, 9.17) is 5.26 Å². The van der Waals surface area contributed by atoms with Crippen LogP contribution < -0.4 is 10.6 Å². The Bertz CT molecular complexity index is 618. The lowest BCUT2D eigenvalue weighted by Gasteiger charge is -2.34. The summed E-state index contributed by atoms with van der Waals surface area (Å²) in [5, 5.41) is 14.6. The van der Waals surface area contributed by atoms with Gasteiger partial charge in [0.25, 0.3) is 0 Å². The first-order chi connectivity index (χ1) is 11.6. The molecule has 7 nitrogen and oxygen atoms in total. The lowest BCUT2D eigenvalue weighted by atomic mass is 10.2. The molecule has 1 aromatic rings. The van der Waals surface area contributed by atoms with Crippen LogP contribution >= 0.6 is 0 Å². The van der Waals surface area contributed by atoms with Gasteiger partial charge in [0, 0.05) is 45.7 Å². The summed E-state index contributed by atoms with van der Waals surface area (Å²) < 4.78 is 0. The Balaban J connectivity index is 1.73. The van der Waals surface area contributed by atoms with E-state index in [-0.39, 0.29) is 11.9 Å². The van der Waals surface area contributed by atoms with Crippen molar-refractivity contribution in [2.75, 3.05) is 44.6 Å². The molecule has 0 saturated carbocycles. The molecule has 24 heavy (non-hydrogen) atoms. The third-order valence-electron chi connectivity index (χ3n) is 3.96. The Hall–Kier alpha value is -2.59. The monoisotopic (exact) mass is 329 g/mol. The van der Waals surface area contributed by atoms with Crippen LogP contribution in [0.4, 0.5) is 10.5 Å². The van der Waals surface area contributed by atoms with Crippen LogP contribution in [0.2, 0.25) is 0 Å². The maximum atomic E-state index is 12.1. The van der Waals surface area contributed by atoms with Gasteiger partial charge < -0.3 is 15.5 Å². The van der Waals surface area contributed by atoms with Gasteiger partial charge in [-0.3, -0.25) is 9.69 Å². The van der Waals surface area contributed by atoms with E-state index in [2.05, 4.69) is 21.6 Å². The first kappa shape index (κ1) is 17.8. The number of carbonyl (C=O) groups excluding carboxylic acids is 2. The third kappa shape index (κ3) is 4.96. The number of hydrogen-bond acceptors (Lipinski definition) is 4. The second-order valence-corrected chi connectivity index (χ2v) is 5.62. The molecule has 0 spiro atoms. The molecule has 3 amide bonds. The highest BCUT2D eigenvalue weighted by Crippen LogP contribution is 2.14. The molecular formula is C17H23N5O2. The van der Waals surface area contributed by atoms with Crippen LogP contribution in [0.1, 0.15) is 18.9 Å². The summed E-state index contributed by atoms with van der Waals surface area (Å²) in [6.45, 7) is 6.04. The molecule has 0 unspecified atom stereocenters. The number of nitrogens with zero attached hydrogens (tertiary/aromatic N) is 3. The van der Waals surface area contributed by atoms with E-state index in [1.807, 2.05) is 6.92 Å². The van der Waals surface area contributed by atoms with Gasteiger partial charge in [-0.2, -0.15) is 5.26 Å². The maximum absolute atomic E-state index is 12.1. The van der Waals surface area contributed by atoms with Crippen molar-refractivity contribution in [3.8, 4) is 6.07 Å². The van der Waals surface area contributed by atoms with Crippen LogP contribution in [0, 0.1) is 11.3 Å². The number of benzene rings is 1. The number of urea groups is 1. The molecule has 1 fully saturated rings. The lowest BCUT2D eigenvalue weighted by molar-refractivity contribution is -0.116. The second kappa shape index (κ2) is 8.89. The summed E-state index contributed by atoms with van der Waals surface area (Å²) in [5.74, 6) is -0.108. The molecule has 0 radical (unpaired) electrons. The Kier molecular flexibility index (Phi) is 6.58. The summed E-state index contributed by atoms with van der Waals surface area (Å²) in [7, 11) is 0. The van der Waals surface area contributed by atoms with Gasteiger partial charge in [-0.1, -0.05) is 12.1 Å². The molecule has 7 heteroatoms. The number of para-hydroxylation sites is 1.